The number of likely N-dealkylation sites (N-methyl/N-ethyl adjacent to an activating group) is 1. The van der Waals surface area contributed by atoms with Crippen molar-refractivity contribution in [3.63, 3.8) is 0 Å². The predicted octanol–water partition coefficient (Wildman–Crippen LogP) is 4.39. The summed E-state index contributed by atoms with van der Waals surface area (Å²) in [6.45, 7) is 2.96. The van der Waals surface area contributed by atoms with Gasteiger partial charge in [0.2, 0.25) is 0 Å². The molecule has 2 aromatic carbocycles. The molecule has 0 bridgehead atoms. The fourth-order valence-electron chi connectivity index (χ4n) is 3.12. The Morgan fingerprint density at radius 3 is 2.64 bits per heavy atom. The summed E-state index contributed by atoms with van der Waals surface area (Å²) in [5.74, 6) is -0.415. The number of nitrogens with one attached hydrogen (secondary N) is 2. The van der Waals surface area contributed by atoms with E-state index in [9.17, 15) is 14.9 Å². The van der Waals surface area contributed by atoms with Crippen LogP contribution in [0.4, 0.5) is 11.4 Å². The van der Waals surface area contributed by atoms with Gasteiger partial charge in [-0.2, -0.15) is 0 Å². The van der Waals surface area contributed by atoms with Crippen LogP contribution in [0.1, 0.15) is 21.6 Å². The monoisotopic (exact) mass is 400 g/mol. The van der Waals surface area contributed by atoms with Crippen LogP contribution >= 0.6 is 11.6 Å². The smallest absolute Gasteiger partial charge is 0.270 e. The Morgan fingerprint density at radius 1 is 1.25 bits per heavy atom. The van der Waals surface area contributed by atoms with Gasteiger partial charge in [0, 0.05) is 41.0 Å². The Kier molecular flexibility index (Phi) is 5.67. The Bertz CT molecular complexity index is 1060. The van der Waals surface area contributed by atoms with E-state index in [0.717, 1.165) is 29.6 Å². The predicted molar refractivity (Wildman–Crippen MR) is 111 cm³/mol. The lowest BCUT2D eigenvalue weighted by Crippen LogP contribution is -2.15. The molecule has 1 amide bonds. The van der Waals surface area contributed by atoms with Gasteiger partial charge >= 0.3 is 0 Å². The van der Waals surface area contributed by atoms with Crippen molar-refractivity contribution < 1.29 is 9.72 Å². The lowest BCUT2D eigenvalue weighted by Gasteiger charge is -2.10. The molecule has 8 heteroatoms. The van der Waals surface area contributed by atoms with Gasteiger partial charge in [-0.1, -0.05) is 11.6 Å². The molecule has 7 nitrogen and oxygen atoms in total. The molecule has 28 heavy (non-hydrogen) atoms. The van der Waals surface area contributed by atoms with E-state index in [1.165, 1.54) is 23.8 Å². The molecule has 0 aliphatic carbocycles. The summed E-state index contributed by atoms with van der Waals surface area (Å²) >= 11 is 6.05. The van der Waals surface area contributed by atoms with E-state index >= 15 is 0 Å². The fourth-order valence-corrected chi connectivity index (χ4v) is 3.38. The zero-order chi connectivity index (χ0) is 20.4. The van der Waals surface area contributed by atoms with E-state index in [0.29, 0.717) is 5.69 Å². The normalized spacial score (nSPS) is 11.2. The molecule has 0 saturated heterocycles. The molecular formula is C20H21ClN4O3. The quantitative estimate of drug-likeness (QED) is 0.474. The highest BCUT2D eigenvalue weighted by atomic mass is 35.5. The number of hydrogen-bond donors (Lipinski definition) is 2. The summed E-state index contributed by atoms with van der Waals surface area (Å²) in [4.78, 5) is 28.3. The fraction of sp³-hybridized carbons (Fsp3) is 0.250. The molecule has 0 aliphatic rings. The minimum atomic E-state index is -0.551. The Labute approximate surface area is 167 Å². The highest BCUT2D eigenvalue weighted by Gasteiger charge is 2.16. The number of fused-ring (bicyclic) bond motifs is 1. The van der Waals surface area contributed by atoms with Crippen molar-refractivity contribution in [3.8, 4) is 0 Å². The molecule has 0 saturated carbocycles. The average Bonchev–Trinajstić information content (AvgIpc) is 2.94. The summed E-state index contributed by atoms with van der Waals surface area (Å²) in [6.07, 6.45) is 0.893. The number of non-ortho nitro benzene ring substituents is 1. The molecule has 0 aliphatic heterocycles. The molecule has 0 fully saturated rings. The Balaban J connectivity index is 1.87. The zero-order valence-electron chi connectivity index (χ0n) is 15.9. The number of aromatic amines is 1. The maximum Gasteiger partial charge on any atom is 0.270 e. The topological polar surface area (TPSA) is 91.3 Å². The molecule has 146 valence electrons. The number of nitro groups is 1. The van der Waals surface area contributed by atoms with Crippen molar-refractivity contribution in [3.05, 3.63) is 68.4 Å². The highest BCUT2D eigenvalue weighted by Crippen LogP contribution is 2.27. The van der Waals surface area contributed by atoms with Gasteiger partial charge in [-0.25, -0.2) is 0 Å². The largest absolute Gasteiger partial charge is 0.358 e. The van der Waals surface area contributed by atoms with E-state index in [1.54, 1.807) is 0 Å². The van der Waals surface area contributed by atoms with Crippen LogP contribution < -0.4 is 5.32 Å². The molecule has 2 N–H and O–H groups in total. The van der Waals surface area contributed by atoms with Crippen molar-refractivity contribution in [2.75, 3.05) is 26.0 Å². The van der Waals surface area contributed by atoms with Gasteiger partial charge in [-0.05, 0) is 57.3 Å². The number of aryl methyl sites for hydroxylation is 1. The van der Waals surface area contributed by atoms with Crippen molar-refractivity contribution in [1.29, 1.82) is 0 Å². The number of aromatic nitrogens is 1. The van der Waals surface area contributed by atoms with Crippen LogP contribution in [0.2, 0.25) is 5.02 Å². The van der Waals surface area contributed by atoms with E-state index in [4.69, 9.17) is 11.6 Å². The number of carbonyl (C=O) groups excluding carboxylic acids is 1. The molecule has 1 aromatic heterocycles. The highest BCUT2D eigenvalue weighted by molar-refractivity contribution is 6.34. The summed E-state index contributed by atoms with van der Waals surface area (Å²) in [5, 5.41) is 14.7. The van der Waals surface area contributed by atoms with Gasteiger partial charge in [0.15, 0.2) is 0 Å². The average molecular weight is 401 g/mol. The summed E-state index contributed by atoms with van der Waals surface area (Å²) < 4.78 is 0. The van der Waals surface area contributed by atoms with Gasteiger partial charge < -0.3 is 15.2 Å². The molecule has 0 radical (unpaired) electrons. The lowest BCUT2D eigenvalue weighted by atomic mass is 10.1. The van der Waals surface area contributed by atoms with Crippen LogP contribution in [0.3, 0.4) is 0 Å². The summed E-state index contributed by atoms with van der Waals surface area (Å²) in [5.41, 5.74) is 4.00. The molecular weight excluding hydrogens is 380 g/mol. The van der Waals surface area contributed by atoms with Crippen molar-refractivity contribution >= 4 is 39.8 Å². The van der Waals surface area contributed by atoms with Crippen LogP contribution in [0.5, 0.6) is 0 Å². The number of H-pyrrole nitrogens is 1. The molecule has 1 heterocycles. The molecule has 0 atom stereocenters. The van der Waals surface area contributed by atoms with Crippen molar-refractivity contribution in [2.24, 2.45) is 0 Å². The maximum atomic E-state index is 12.6. The van der Waals surface area contributed by atoms with Crippen LogP contribution in [-0.4, -0.2) is 41.4 Å². The molecule has 3 aromatic rings. The minimum Gasteiger partial charge on any atom is -0.358 e. The third-order valence-electron chi connectivity index (χ3n) is 4.59. The minimum absolute atomic E-state index is 0.0388. The van der Waals surface area contributed by atoms with Crippen LogP contribution in [0, 0.1) is 17.0 Å². The number of carbonyl (C=O) groups is 1. The first-order chi connectivity index (χ1) is 13.3. The third kappa shape index (κ3) is 4.16. The van der Waals surface area contributed by atoms with Gasteiger partial charge in [0.1, 0.15) is 0 Å². The second-order valence-electron chi connectivity index (χ2n) is 6.92. The van der Waals surface area contributed by atoms with Crippen molar-refractivity contribution in [2.45, 2.75) is 13.3 Å². The van der Waals surface area contributed by atoms with Gasteiger partial charge in [0.05, 0.1) is 15.5 Å². The number of nitrogens with zero attached hydrogens (tertiary/aromatic N) is 2. The second kappa shape index (κ2) is 8.00. The van der Waals surface area contributed by atoms with Gasteiger partial charge in [0.25, 0.3) is 11.6 Å². The summed E-state index contributed by atoms with van der Waals surface area (Å²) in [7, 11) is 4.06. The maximum absolute atomic E-state index is 12.6. The van der Waals surface area contributed by atoms with Crippen LogP contribution in [0.25, 0.3) is 10.9 Å². The number of rotatable bonds is 6. The van der Waals surface area contributed by atoms with E-state index < -0.39 is 10.8 Å². The Hall–Kier alpha value is -2.90. The molecule has 0 spiro atoms. The number of halogens is 1. The SMILES string of the molecule is Cc1[nH]c2ccc(NC(=O)c3ccc([N+](=O)[O-])cc3Cl)cc2c1CCN(C)C. The first kappa shape index (κ1) is 19.9. The van der Waals surface area contributed by atoms with E-state index in [2.05, 4.69) is 15.2 Å². The Morgan fingerprint density at radius 2 is 2.00 bits per heavy atom. The van der Waals surface area contributed by atoms with Crippen LogP contribution in [-0.2, 0) is 6.42 Å². The van der Waals surface area contributed by atoms with Crippen LogP contribution in [0.15, 0.2) is 36.4 Å². The van der Waals surface area contributed by atoms with Gasteiger partial charge in [-0.3, -0.25) is 14.9 Å². The van der Waals surface area contributed by atoms with Gasteiger partial charge in [-0.15, -0.1) is 0 Å². The number of benzene rings is 2. The number of anilines is 1. The van der Waals surface area contributed by atoms with Crippen molar-refractivity contribution in [1.82, 2.24) is 9.88 Å². The number of hydrogen-bond acceptors (Lipinski definition) is 4. The first-order valence-electron chi connectivity index (χ1n) is 8.77. The first-order valence-corrected chi connectivity index (χ1v) is 9.15. The van der Waals surface area contributed by atoms with E-state index in [1.807, 2.05) is 39.2 Å². The molecule has 0 unspecified atom stereocenters. The summed E-state index contributed by atoms with van der Waals surface area (Å²) in [6, 6.07) is 9.46. The number of amides is 1. The third-order valence-corrected chi connectivity index (χ3v) is 4.91. The molecule has 3 rings (SSSR count). The number of nitro benzene ring substituents is 1. The second-order valence-corrected chi connectivity index (χ2v) is 7.32. The standard InChI is InChI=1S/C20H21ClN4O3/c1-12-15(8-9-24(2)3)17-10-13(4-7-19(17)22-12)23-20(26)16-6-5-14(25(27)28)11-18(16)21/h4-7,10-11,22H,8-9H2,1-3H3,(H,23,26). The zero-order valence-corrected chi connectivity index (χ0v) is 16.6. The van der Waals surface area contributed by atoms with E-state index in [-0.39, 0.29) is 16.3 Å². The lowest BCUT2D eigenvalue weighted by molar-refractivity contribution is -0.384.